The third kappa shape index (κ3) is 4.61. The number of benzene rings is 1. The van der Waals surface area contributed by atoms with E-state index in [1.807, 2.05) is 12.1 Å². The first-order valence-electron chi connectivity index (χ1n) is 9.36. The minimum atomic E-state index is -3.39. The molecule has 0 aromatic heterocycles. The summed E-state index contributed by atoms with van der Waals surface area (Å²) in [7, 11) is -3.39. The van der Waals surface area contributed by atoms with E-state index in [2.05, 4.69) is 18.7 Å². The highest BCUT2D eigenvalue weighted by molar-refractivity contribution is 7.89. The minimum Gasteiger partial charge on any atom is -0.379 e. The average Bonchev–Trinajstić information content (AvgIpc) is 2.63. The molecule has 6 heteroatoms. The Morgan fingerprint density at radius 3 is 2.44 bits per heavy atom. The lowest BCUT2D eigenvalue weighted by molar-refractivity contribution is 0.0730. The van der Waals surface area contributed by atoms with E-state index in [4.69, 9.17) is 4.74 Å². The fourth-order valence-corrected chi connectivity index (χ4v) is 5.15. The zero-order valence-electron chi connectivity index (χ0n) is 15.4. The van der Waals surface area contributed by atoms with Gasteiger partial charge in [-0.05, 0) is 48.9 Å². The molecule has 140 valence electrons. The van der Waals surface area contributed by atoms with Gasteiger partial charge in [0.2, 0.25) is 10.0 Å². The molecule has 0 spiro atoms. The number of ether oxygens (including phenoxy) is 1. The highest BCUT2D eigenvalue weighted by Gasteiger charge is 2.26. The zero-order valence-corrected chi connectivity index (χ0v) is 16.2. The molecule has 2 heterocycles. The maximum Gasteiger partial charge on any atom is 0.243 e. The van der Waals surface area contributed by atoms with Crippen LogP contribution in [0.5, 0.6) is 0 Å². The molecule has 2 saturated heterocycles. The molecule has 2 aliphatic rings. The van der Waals surface area contributed by atoms with E-state index in [0.717, 1.165) is 31.5 Å². The van der Waals surface area contributed by atoms with Crippen molar-refractivity contribution in [3.8, 4) is 0 Å². The fraction of sp³-hybridized carbons (Fsp3) is 0.684. The predicted octanol–water partition coefficient (Wildman–Crippen LogP) is 2.58. The number of sulfonamides is 1. The summed E-state index contributed by atoms with van der Waals surface area (Å²) in [6.07, 6.45) is 2.58. The van der Waals surface area contributed by atoms with Crippen LogP contribution in [0.15, 0.2) is 29.2 Å². The SMILES string of the molecule is CC(C)C1CCCN(Cc2ccc(S(=O)(=O)N3CCOCC3)cc2)C1. The molecule has 0 saturated carbocycles. The van der Waals surface area contributed by atoms with Gasteiger partial charge in [-0.15, -0.1) is 0 Å². The number of nitrogens with zero attached hydrogens (tertiary/aromatic N) is 2. The first kappa shape index (κ1) is 18.8. The summed E-state index contributed by atoms with van der Waals surface area (Å²) < 4.78 is 32.1. The molecule has 0 bridgehead atoms. The van der Waals surface area contributed by atoms with Gasteiger partial charge < -0.3 is 4.74 Å². The highest BCUT2D eigenvalue weighted by atomic mass is 32.2. The van der Waals surface area contributed by atoms with Gasteiger partial charge in [-0.3, -0.25) is 4.90 Å². The van der Waals surface area contributed by atoms with Crippen LogP contribution in [0.25, 0.3) is 0 Å². The van der Waals surface area contributed by atoms with Gasteiger partial charge in [-0.25, -0.2) is 8.42 Å². The van der Waals surface area contributed by atoms with Crippen LogP contribution in [0, 0.1) is 11.8 Å². The average molecular weight is 367 g/mol. The zero-order chi connectivity index (χ0) is 17.9. The minimum absolute atomic E-state index is 0.386. The molecule has 25 heavy (non-hydrogen) atoms. The van der Waals surface area contributed by atoms with Crippen LogP contribution in [0.2, 0.25) is 0 Å². The largest absolute Gasteiger partial charge is 0.379 e. The van der Waals surface area contributed by atoms with Gasteiger partial charge in [-0.1, -0.05) is 26.0 Å². The predicted molar refractivity (Wildman–Crippen MR) is 98.9 cm³/mol. The van der Waals surface area contributed by atoms with E-state index in [9.17, 15) is 8.42 Å². The molecule has 0 aliphatic carbocycles. The standard InChI is InChI=1S/C19H30N2O3S/c1-16(2)18-4-3-9-20(15-18)14-17-5-7-19(8-6-17)25(22,23)21-10-12-24-13-11-21/h5-8,16,18H,3-4,9-15H2,1-2H3. The molecule has 3 rings (SSSR count). The van der Waals surface area contributed by atoms with Gasteiger partial charge in [0.05, 0.1) is 18.1 Å². The van der Waals surface area contributed by atoms with E-state index in [1.54, 1.807) is 12.1 Å². The second-order valence-electron chi connectivity index (χ2n) is 7.54. The summed E-state index contributed by atoms with van der Waals surface area (Å²) in [6, 6.07) is 7.44. The molecule has 1 aromatic rings. The van der Waals surface area contributed by atoms with Crippen molar-refractivity contribution in [2.45, 2.75) is 38.1 Å². The monoisotopic (exact) mass is 366 g/mol. The summed E-state index contributed by atoms with van der Waals surface area (Å²) >= 11 is 0. The van der Waals surface area contributed by atoms with Gasteiger partial charge in [0.25, 0.3) is 0 Å². The first-order chi connectivity index (χ1) is 12.0. The first-order valence-corrected chi connectivity index (χ1v) is 10.8. The molecular formula is C19H30N2O3S. The van der Waals surface area contributed by atoms with E-state index in [1.165, 1.54) is 22.7 Å². The topological polar surface area (TPSA) is 49.9 Å². The maximum absolute atomic E-state index is 12.7. The highest BCUT2D eigenvalue weighted by Crippen LogP contribution is 2.25. The number of morpholine rings is 1. The molecule has 1 aromatic carbocycles. The second kappa shape index (κ2) is 8.16. The number of piperidine rings is 1. The van der Waals surface area contributed by atoms with Crippen molar-refractivity contribution < 1.29 is 13.2 Å². The lowest BCUT2D eigenvalue weighted by Gasteiger charge is -2.34. The summed E-state index contributed by atoms with van der Waals surface area (Å²) in [5.74, 6) is 1.50. The molecule has 5 nitrogen and oxygen atoms in total. The maximum atomic E-state index is 12.7. The Labute approximate surface area is 152 Å². The van der Waals surface area contributed by atoms with E-state index in [-0.39, 0.29) is 0 Å². The van der Waals surface area contributed by atoms with Crippen LogP contribution >= 0.6 is 0 Å². The lowest BCUT2D eigenvalue weighted by Crippen LogP contribution is -2.40. The second-order valence-corrected chi connectivity index (χ2v) is 9.48. The molecule has 2 aliphatic heterocycles. The van der Waals surface area contributed by atoms with E-state index in [0.29, 0.717) is 31.2 Å². The fourth-order valence-electron chi connectivity index (χ4n) is 3.74. The quantitative estimate of drug-likeness (QED) is 0.804. The van der Waals surface area contributed by atoms with Crippen LogP contribution in [0.3, 0.4) is 0 Å². The Kier molecular flexibility index (Phi) is 6.15. The van der Waals surface area contributed by atoms with Crippen LogP contribution < -0.4 is 0 Å². The van der Waals surface area contributed by atoms with Gasteiger partial charge in [0, 0.05) is 26.2 Å². The van der Waals surface area contributed by atoms with Crippen LogP contribution in [0.1, 0.15) is 32.3 Å². The van der Waals surface area contributed by atoms with Gasteiger partial charge in [-0.2, -0.15) is 4.31 Å². The number of likely N-dealkylation sites (tertiary alicyclic amines) is 1. The van der Waals surface area contributed by atoms with Crippen molar-refractivity contribution in [1.29, 1.82) is 0 Å². The Balaban J connectivity index is 1.64. The van der Waals surface area contributed by atoms with Crippen molar-refractivity contribution >= 4 is 10.0 Å². The Bertz CT molecular complexity index is 652. The molecule has 0 radical (unpaired) electrons. The molecule has 0 amide bonds. The number of hydrogen-bond donors (Lipinski definition) is 0. The van der Waals surface area contributed by atoms with Crippen molar-refractivity contribution in [2.75, 3.05) is 39.4 Å². The molecular weight excluding hydrogens is 336 g/mol. The van der Waals surface area contributed by atoms with Gasteiger partial charge in [0.15, 0.2) is 0 Å². The molecule has 1 unspecified atom stereocenters. The summed E-state index contributed by atoms with van der Waals surface area (Å²) in [6.45, 7) is 9.62. The van der Waals surface area contributed by atoms with Gasteiger partial charge >= 0.3 is 0 Å². The van der Waals surface area contributed by atoms with Crippen molar-refractivity contribution in [2.24, 2.45) is 11.8 Å². The molecule has 0 N–H and O–H groups in total. The van der Waals surface area contributed by atoms with Crippen LogP contribution in [-0.4, -0.2) is 57.0 Å². The molecule has 2 fully saturated rings. The smallest absolute Gasteiger partial charge is 0.243 e. The third-order valence-corrected chi connectivity index (χ3v) is 7.34. The van der Waals surface area contributed by atoms with Crippen molar-refractivity contribution in [1.82, 2.24) is 9.21 Å². The number of hydrogen-bond acceptors (Lipinski definition) is 4. The summed E-state index contributed by atoms with van der Waals surface area (Å²) in [5.41, 5.74) is 1.19. The van der Waals surface area contributed by atoms with Crippen LogP contribution in [0.4, 0.5) is 0 Å². The van der Waals surface area contributed by atoms with Crippen LogP contribution in [-0.2, 0) is 21.3 Å². The number of rotatable bonds is 5. The summed E-state index contributed by atoms with van der Waals surface area (Å²) in [4.78, 5) is 2.89. The van der Waals surface area contributed by atoms with Gasteiger partial charge in [0.1, 0.15) is 0 Å². The Morgan fingerprint density at radius 1 is 1.12 bits per heavy atom. The van der Waals surface area contributed by atoms with Crippen molar-refractivity contribution in [3.63, 3.8) is 0 Å². The normalized spacial score (nSPS) is 23.9. The third-order valence-electron chi connectivity index (χ3n) is 5.42. The van der Waals surface area contributed by atoms with Crippen molar-refractivity contribution in [3.05, 3.63) is 29.8 Å². The summed E-state index contributed by atoms with van der Waals surface area (Å²) in [5, 5.41) is 0. The molecule has 1 atom stereocenters. The lowest BCUT2D eigenvalue weighted by atomic mass is 9.88. The van der Waals surface area contributed by atoms with E-state index >= 15 is 0 Å². The van der Waals surface area contributed by atoms with E-state index < -0.39 is 10.0 Å². The Morgan fingerprint density at radius 2 is 1.80 bits per heavy atom. The Hall–Kier alpha value is -0.950.